The highest BCUT2D eigenvalue weighted by atomic mass is 15.2. The summed E-state index contributed by atoms with van der Waals surface area (Å²) >= 11 is 0. The average Bonchev–Trinajstić information content (AvgIpc) is 2.20. The highest BCUT2D eigenvalue weighted by Gasteiger charge is 2.12. The fraction of sp³-hybridized carbons (Fsp3) is 0.875. The Morgan fingerprint density at radius 2 is 0.778 bits per heavy atom. The maximum absolute atomic E-state index is 3.32. The smallest absolute Gasteiger partial charge is 0.0606 e. The second kappa shape index (κ2) is 8.56. The SMILES string of the molecule is CC(C)N(CC#CCN(C(C)C)C(C)C)C(C)C. The lowest BCUT2D eigenvalue weighted by Crippen LogP contribution is -2.38. The van der Waals surface area contributed by atoms with E-state index in [1.165, 1.54) is 0 Å². The molecule has 0 aliphatic carbocycles. The van der Waals surface area contributed by atoms with Crippen LogP contribution in [0.5, 0.6) is 0 Å². The van der Waals surface area contributed by atoms with E-state index >= 15 is 0 Å². The van der Waals surface area contributed by atoms with E-state index < -0.39 is 0 Å². The zero-order chi connectivity index (χ0) is 14.3. The molecule has 2 nitrogen and oxygen atoms in total. The van der Waals surface area contributed by atoms with E-state index in [1.807, 2.05) is 0 Å². The van der Waals surface area contributed by atoms with Gasteiger partial charge in [-0.1, -0.05) is 11.8 Å². The van der Waals surface area contributed by atoms with Crippen LogP contribution in [-0.2, 0) is 0 Å². The van der Waals surface area contributed by atoms with Gasteiger partial charge in [-0.15, -0.1) is 0 Å². The van der Waals surface area contributed by atoms with E-state index in [0.717, 1.165) is 13.1 Å². The molecule has 0 bridgehead atoms. The van der Waals surface area contributed by atoms with Gasteiger partial charge in [-0.3, -0.25) is 9.80 Å². The third kappa shape index (κ3) is 6.42. The molecule has 0 rings (SSSR count). The van der Waals surface area contributed by atoms with Crippen LogP contribution in [0.1, 0.15) is 55.4 Å². The quantitative estimate of drug-likeness (QED) is 0.670. The molecule has 0 aromatic heterocycles. The van der Waals surface area contributed by atoms with E-state index in [4.69, 9.17) is 0 Å². The highest BCUT2D eigenvalue weighted by molar-refractivity contribution is 5.04. The zero-order valence-corrected chi connectivity index (χ0v) is 13.6. The fourth-order valence-electron chi connectivity index (χ4n) is 2.22. The Kier molecular flexibility index (Phi) is 8.31. The molecule has 0 fully saturated rings. The first-order valence-corrected chi connectivity index (χ1v) is 7.24. The zero-order valence-electron chi connectivity index (χ0n) is 13.6. The standard InChI is InChI=1S/C16H32N2/c1-13(2)17(14(3)4)11-9-10-12-18(15(5)6)16(7)8/h13-16H,11-12H2,1-8H3. The Morgan fingerprint density at radius 1 is 0.556 bits per heavy atom. The van der Waals surface area contributed by atoms with Gasteiger partial charge >= 0.3 is 0 Å². The minimum Gasteiger partial charge on any atom is -0.287 e. The molecule has 0 saturated carbocycles. The maximum atomic E-state index is 3.32. The molecule has 0 aliphatic rings. The van der Waals surface area contributed by atoms with Crippen molar-refractivity contribution in [1.29, 1.82) is 0 Å². The second-order valence-electron chi connectivity index (χ2n) is 6.07. The summed E-state index contributed by atoms with van der Waals surface area (Å²) < 4.78 is 0. The molecule has 0 N–H and O–H groups in total. The van der Waals surface area contributed by atoms with Crippen LogP contribution in [-0.4, -0.2) is 47.1 Å². The summed E-state index contributed by atoms with van der Waals surface area (Å²) in [6.45, 7) is 19.6. The van der Waals surface area contributed by atoms with Crippen LogP contribution in [0.4, 0.5) is 0 Å². The molecule has 0 heterocycles. The molecule has 106 valence electrons. The van der Waals surface area contributed by atoms with Gasteiger partial charge in [0.2, 0.25) is 0 Å². The van der Waals surface area contributed by atoms with Crippen molar-refractivity contribution in [2.45, 2.75) is 79.6 Å². The topological polar surface area (TPSA) is 6.48 Å². The predicted molar refractivity (Wildman–Crippen MR) is 81.7 cm³/mol. The Labute approximate surface area is 115 Å². The summed E-state index contributed by atoms with van der Waals surface area (Å²) in [6, 6.07) is 2.24. The number of nitrogens with zero attached hydrogens (tertiary/aromatic N) is 2. The van der Waals surface area contributed by atoms with E-state index in [0.29, 0.717) is 24.2 Å². The molecular weight excluding hydrogens is 220 g/mol. The van der Waals surface area contributed by atoms with Crippen LogP contribution >= 0.6 is 0 Å². The van der Waals surface area contributed by atoms with Gasteiger partial charge in [0.05, 0.1) is 13.1 Å². The predicted octanol–water partition coefficient (Wildman–Crippen LogP) is 3.23. The van der Waals surface area contributed by atoms with Gasteiger partial charge in [0.15, 0.2) is 0 Å². The van der Waals surface area contributed by atoms with Gasteiger partial charge in [0, 0.05) is 24.2 Å². The lowest BCUT2D eigenvalue weighted by atomic mass is 10.2. The van der Waals surface area contributed by atoms with Gasteiger partial charge in [-0.25, -0.2) is 0 Å². The van der Waals surface area contributed by atoms with Gasteiger partial charge in [0.25, 0.3) is 0 Å². The third-order valence-electron chi connectivity index (χ3n) is 3.30. The van der Waals surface area contributed by atoms with Gasteiger partial charge < -0.3 is 0 Å². The van der Waals surface area contributed by atoms with E-state index in [-0.39, 0.29) is 0 Å². The first-order valence-electron chi connectivity index (χ1n) is 7.24. The van der Waals surface area contributed by atoms with E-state index in [2.05, 4.69) is 77.0 Å². The van der Waals surface area contributed by atoms with Crippen LogP contribution in [0.25, 0.3) is 0 Å². The Bertz CT molecular complexity index is 227. The Hall–Kier alpha value is -0.520. The largest absolute Gasteiger partial charge is 0.287 e. The molecule has 0 radical (unpaired) electrons. The first-order chi connectivity index (χ1) is 8.27. The van der Waals surface area contributed by atoms with Crippen LogP contribution in [0, 0.1) is 11.8 Å². The molecule has 18 heavy (non-hydrogen) atoms. The monoisotopic (exact) mass is 252 g/mol. The van der Waals surface area contributed by atoms with Crippen molar-refractivity contribution in [1.82, 2.24) is 9.80 Å². The van der Waals surface area contributed by atoms with Crippen LogP contribution in [0.2, 0.25) is 0 Å². The van der Waals surface area contributed by atoms with Crippen molar-refractivity contribution in [3.63, 3.8) is 0 Å². The summed E-state index contributed by atoms with van der Waals surface area (Å²) in [7, 11) is 0. The maximum Gasteiger partial charge on any atom is 0.0606 e. The normalized spacial score (nSPS) is 12.1. The van der Waals surface area contributed by atoms with Crippen LogP contribution in [0.3, 0.4) is 0 Å². The number of hydrogen-bond donors (Lipinski definition) is 0. The van der Waals surface area contributed by atoms with Crippen molar-refractivity contribution >= 4 is 0 Å². The number of rotatable bonds is 6. The summed E-state index contributed by atoms with van der Waals surface area (Å²) in [5.41, 5.74) is 0. The minimum atomic E-state index is 0.561. The summed E-state index contributed by atoms with van der Waals surface area (Å²) in [5, 5.41) is 0. The summed E-state index contributed by atoms with van der Waals surface area (Å²) in [6.07, 6.45) is 0. The molecule has 0 aromatic carbocycles. The molecule has 0 unspecified atom stereocenters. The van der Waals surface area contributed by atoms with Crippen molar-refractivity contribution < 1.29 is 0 Å². The minimum absolute atomic E-state index is 0.561. The molecule has 0 aromatic rings. The molecule has 2 heteroatoms. The lowest BCUT2D eigenvalue weighted by Gasteiger charge is -2.29. The Balaban J connectivity index is 4.33. The van der Waals surface area contributed by atoms with Crippen molar-refractivity contribution in [2.24, 2.45) is 0 Å². The van der Waals surface area contributed by atoms with Crippen LogP contribution < -0.4 is 0 Å². The molecular formula is C16H32N2. The lowest BCUT2D eigenvalue weighted by molar-refractivity contribution is 0.196. The summed E-state index contributed by atoms with van der Waals surface area (Å²) in [4.78, 5) is 4.84. The Morgan fingerprint density at radius 3 is 0.944 bits per heavy atom. The molecule has 0 spiro atoms. The number of hydrogen-bond acceptors (Lipinski definition) is 2. The second-order valence-corrected chi connectivity index (χ2v) is 6.07. The average molecular weight is 252 g/mol. The molecule has 0 atom stereocenters. The van der Waals surface area contributed by atoms with Gasteiger partial charge in [0.1, 0.15) is 0 Å². The molecule has 0 saturated heterocycles. The van der Waals surface area contributed by atoms with Crippen LogP contribution in [0.15, 0.2) is 0 Å². The highest BCUT2D eigenvalue weighted by Crippen LogP contribution is 2.04. The first kappa shape index (κ1) is 17.5. The van der Waals surface area contributed by atoms with E-state index in [1.54, 1.807) is 0 Å². The molecule has 0 aliphatic heterocycles. The van der Waals surface area contributed by atoms with E-state index in [9.17, 15) is 0 Å². The van der Waals surface area contributed by atoms with Crippen molar-refractivity contribution in [2.75, 3.05) is 13.1 Å². The van der Waals surface area contributed by atoms with Gasteiger partial charge in [-0.05, 0) is 55.4 Å². The fourth-order valence-corrected chi connectivity index (χ4v) is 2.22. The third-order valence-corrected chi connectivity index (χ3v) is 3.30. The van der Waals surface area contributed by atoms with Crippen molar-refractivity contribution in [3.8, 4) is 11.8 Å². The molecule has 0 amide bonds. The van der Waals surface area contributed by atoms with Crippen molar-refractivity contribution in [3.05, 3.63) is 0 Å². The summed E-state index contributed by atoms with van der Waals surface area (Å²) in [5.74, 6) is 6.65. The van der Waals surface area contributed by atoms with Gasteiger partial charge in [-0.2, -0.15) is 0 Å².